The largest absolute Gasteiger partial charge is 0.454 e. The molecule has 1 unspecified atom stereocenters. The van der Waals surface area contributed by atoms with Gasteiger partial charge in [0.2, 0.25) is 6.79 Å². The summed E-state index contributed by atoms with van der Waals surface area (Å²) in [5, 5.41) is 3.57. The summed E-state index contributed by atoms with van der Waals surface area (Å²) in [5.41, 5.74) is 1.15. The molecule has 5 heteroatoms. The lowest BCUT2D eigenvalue weighted by molar-refractivity contribution is 0.174. The number of aryl methyl sites for hydroxylation is 1. The number of hydrogen-bond acceptors (Lipinski definition) is 4. The maximum Gasteiger partial charge on any atom is 0.231 e. The van der Waals surface area contributed by atoms with Crippen LogP contribution in [-0.4, -0.2) is 22.9 Å². The van der Waals surface area contributed by atoms with Gasteiger partial charge in [0.05, 0.1) is 6.04 Å². The molecule has 21 heavy (non-hydrogen) atoms. The van der Waals surface area contributed by atoms with Gasteiger partial charge >= 0.3 is 0 Å². The van der Waals surface area contributed by atoms with Crippen LogP contribution < -0.4 is 14.8 Å². The van der Waals surface area contributed by atoms with E-state index in [1.165, 1.54) is 0 Å². The number of rotatable bonds is 6. The van der Waals surface area contributed by atoms with E-state index in [-0.39, 0.29) is 6.04 Å². The number of hydrogen-bond donors (Lipinski definition) is 1. The summed E-state index contributed by atoms with van der Waals surface area (Å²) >= 11 is 0. The number of ether oxygens (including phenoxy) is 2. The number of fused-ring (bicyclic) bond motifs is 1. The minimum atomic E-state index is 0.0643. The molecule has 0 fully saturated rings. The molecular weight excluding hydrogens is 266 g/mol. The highest BCUT2D eigenvalue weighted by Gasteiger charge is 2.21. The average molecular weight is 287 g/mol. The van der Waals surface area contributed by atoms with E-state index in [4.69, 9.17) is 9.47 Å². The molecule has 5 nitrogen and oxygen atoms in total. The Morgan fingerprint density at radius 2 is 2.14 bits per heavy atom. The topological polar surface area (TPSA) is 48.3 Å². The summed E-state index contributed by atoms with van der Waals surface area (Å²) in [4.78, 5) is 4.54. The molecule has 0 amide bonds. The van der Waals surface area contributed by atoms with Gasteiger partial charge in [-0.2, -0.15) is 0 Å². The van der Waals surface area contributed by atoms with Gasteiger partial charge in [0.15, 0.2) is 11.5 Å². The Bertz CT molecular complexity index is 609. The molecule has 0 aliphatic carbocycles. The Balaban J connectivity index is 1.95. The van der Waals surface area contributed by atoms with E-state index in [0.29, 0.717) is 6.79 Å². The average Bonchev–Trinajstić information content (AvgIpc) is 3.15. The van der Waals surface area contributed by atoms with Crippen molar-refractivity contribution in [1.29, 1.82) is 0 Å². The highest BCUT2D eigenvalue weighted by atomic mass is 16.7. The molecule has 1 aromatic heterocycles. The summed E-state index contributed by atoms with van der Waals surface area (Å²) in [6.45, 7) is 6.44. The first-order valence-electron chi connectivity index (χ1n) is 7.47. The molecule has 0 bridgehead atoms. The van der Waals surface area contributed by atoms with Crippen LogP contribution in [0.25, 0.3) is 0 Å². The van der Waals surface area contributed by atoms with Gasteiger partial charge in [-0.1, -0.05) is 13.0 Å². The fraction of sp³-hybridized carbons (Fsp3) is 0.438. The van der Waals surface area contributed by atoms with Crippen molar-refractivity contribution < 1.29 is 9.47 Å². The molecule has 1 aliphatic rings. The van der Waals surface area contributed by atoms with Crippen LogP contribution in [0.2, 0.25) is 0 Å². The highest BCUT2D eigenvalue weighted by Crippen LogP contribution is 2.35. The van der Waals surface area contributed by atoms with E-state index >= 15 is 0 Å². The molecule has 0 saturated carbocycles. The molecule has 0 radical (unpaired) electrons. The molecule has 1 aromatic carbocycles. The van der Waals surface area contributed by atoms with Gasteiger partial charge in [-0.25, -0.2) is 4.98 Å². The van der Waals surface area contributed by atoms with Crippen LogP contribution in [0.3, 0.4) is 0 Å². The SMILES string of the molecule is CCCNC(c1ccc2c(c1)OCO2)c1nccn1CC. The molecule has 3 rings (SSSR count). The second kappa shape index (κ2) is 6.18. The first kappa shape index (κ1) is 13.9. The molecule has 2 aromatic rings. The van der Waals surface area contributed by atoms with E-state index in [9.17, 15) is 0 Å². The highest BCUT2D eigenvalue weighted by molar-refractivity contribution is 5.46. The maximum atomic E-state index is 5.49. The van der Waals surface area contributed by atoms with Crippen LogP contribution in [-0.2, 0) is 6.54 Å². The summed E-state index contributed by atoms with van der Waals surface area (Å²) in [5.74, 6) is 2.65. The molecule has 112 valence electrons. The smallest absolute Gasteiger partial charge is 0.231 e. The quantitative estimate of drug-likeness (QED) is 0.887. The van der Waals surface area contributed by atoms with Crippen LogP contribution in [0.4, 0.5) is 0 Å². The predicted molar refractivity (Wildman–Crippen MR) is 80.6 cm³/mol. The van der Waals surface area contributed by atoms with Crippen LogP contribution in [0, 0.1) is 0 Å². The molecule has 0 saturated heterocycles. The number of nitrogens with one attached hydrogen (secondary N) is 1. The van der Waals surface area contributed by atoms with Crippen molar-refractivity contribution in [2.24, 2.45) is 0 Å². The fourth-order valence-electron chi connectivity index (χ4n) is 2.59. The van der Waals surface area contributed by atoms with Crippen molar-refractivity contribution >= 4 is 0 Å². The lowest BCUT2D eigenvalue weighted by atomic mass is 10.0. The third-order valence-corrected chi connectivity index (χ3v) is 3.67. The molecule has 0 spiro atoms. The second-order valence-electron chi connectivity index (χ2n) is 5.07. The van der Waals surface area contributed by atoms with E-state index in [1.807, 2.05) is 24.5 Å². The molecule has 2 heterocycles. The Morgan fingerprint density at radius 1 is 1.29 bits per heavy atom. The Labute approximate surface area is 124 Å². The van der Waals surface area contributed by atoms with Crippen molar-refractivity contribution in [3.05, 3.63) is 42.0 Å². The molecule has 1 N–H and O–H groups in total. The molecule has 1 aliphatic heterocycles. The minimum Gasteiger partial charge on any atom is -0.454 e. The number of imidazole rings is 1. The zero-order chi connectivity index (χ0) is 14.7. The summed E-state index contributed by atoms with van der Waals surface area (Å²) < 4.78 is 13.0. The van der Waals surface area contributed by atoms with Crippen molar-refractivity contribution in [3.8, 4) is 11.5 Å². The van der Waals surface area contributed by atoms with Gasteiger partial charge in [-0.3, -0.25) is 0 Å². The Kier molecular flexibility index (Phi) is 4.10. The lowest BCUT2D eigenvalue weighted by Crippen LogP contribution is -2.26. The van der Waals surface area contributed by atoms with Crippen LogP contribution >= 0.6 is 0 Å². The second-order valence-corrected chi connectivity index (χ2v) is 5.07. The van der Waals surface area contributed by atoms with Gasteiger partial charge in [0.25, 0.3) is 0 Å². The van der Waals surface area contributed by atoms with Gasteiger partial charge < -0.3 is 19.4 Å². The minimum absolute atomic E-state index is 0.0643. The molecular formula is C16H21N3O2. The van der Waals surface area contributed by atoms with Crippen molar-refractivity contribution in [2.75, 3.05) is 13.3 Å². The third kappa shape index (κ3) is 2.74. The van der Waals surface area contributed by atoms with Gasteiger partial charge in [-0.15, -0.1) is 0 Å². The van der Waals surface area contributed by atoms with E-state index in [1.54, 1.807) is 0 Å². The zero-order valence-electron chi connectivity index (χ0n) is 12.5. The number of aromatic nitrogens is 2. The van der Waals surface area contributed by atoms with Crippen LogP contribution in [0.15, 0.2) is 30.6 Å². The predicted octanol–water partition coefficient (Wildman–Crippen LogP) is 2.72. The van der Waals surface area contributed by atoms with E-state index < -0.39 is 0 Å². The normalized spacial score (nSPS) is 14.4. The number of nitrogens with zero attached hydrogens (tertiary/aromatic N) is 2. The first-order chi connectivity index (χ1) is 10.3. The van der Waals surface area contributed by atoms with Crippen LogP contribution in [0.5, 0.6) is 11.5 Å². The van der Waals surface area contributed by atoms with Gasteiger partial charge in [0.1, 0.15) is 5.82 Å². The lowest BCUT2D eigenvalue weighted by Gasteiger charge is -2.20. The Morgan fingerprint density at radius 3 is 2.95 bits per heavy atom. The summed E-state index contributed by atoms with van der Waals surface area (Å²) in [6, 6.07) is 6.16. The van der Waals surface area contributed by atoms with Crippen molar-refractivity contribution in [2.45, 2.75) is 32.9 Å². The standard InChI is InChI=1S/C16H21N3O2/c1-3-7-17-15(16-18-8-9-19(16)4-2)12-5-6-13-14(10-12)21-11-20-13/h5-6,8-10,15,17H,3-4,7,11H2,1-2H3. The summed E-state index contributed by atoms with van der Waals surface area (Å²) in [7, 11) is 0. The zero-order valence-corrected chi connectivity index (χ0v) is 12.5. The molecule has 1 atom stereocenters. The maximum absolute atomic E-state index is 5.49. The monoisotopic (exact) mass is 287 g/mol. The van der Waals surface area contributed by atoms with Crippen LogP contribution in [0.1, 0.15) is 37.7 Å². The van der Waals surface area contributed by atoms with Gasteiger partial charge in [-0.05, 0) is 37.6 Å². The van der Waals surface area contributed by atoms with E-state index in [2.05, 4.69) is 34.8 Å². The fourth-order valence-corrected chi connectivity index (χ4v) is 2.59. The van der Waals surface area contributed by atoms with Crippen molar-refractivity contribution in [3.63, 3.8) is 0 Å². The van der Waals surface area contributed by atoms with E-state index in [0.717, 1.165) is 42.4 Å². The Hall–Kier alpha value is -2.01. The van der Waals surface area contributed by atoms with Gasteiger partial charge in [0, 0.05) is 18.9 Å². The number of benzene rings is 1. The third-order valence-electron chi connectivity index (χ3n) is 3.67. The van der Waals surface area contributed by atoms with Crippen molar-refractivity contribution in [1.82, 2.24) is 14.9 Å². The summed E-state index contributed by atoms with van der Waals surface area (Å²) in [6.07, 6.45) is 4.95. The first-order valence-corrected chi connectivity index (χ1v) is 7.47.